The standard InChI is InChI=1S/C34H35BrN2O/c1-21-16-17-28(24(18-21)22-12-9-8-10-13-22)37-29-15-11-14-27(35)30(29)36-32(37)25-19-23(33(2,3)4)20-26(31(25)38)34(5,6)7/h8-20,38H,1-7H3/i1D3. The van der Waals surface area contributed by atoms with E-state index in [0.717, 1.165) is 43.4 Å². The first kappa shape index (κ1) is 22.6. The van der Waals surface area contributed by atoms with Gasteiger partial charge >= 0.3 is 0 Å². The quantitative estimate of drug-likeness (QED) is 0.235. The maximum Gasteiger partial charge on any atom is 0.149 e. The van der Waals surface area contributed by atoms with Crippen molar-refractivity contribution >= 4 is 27.0 Å². The molecule has 1 N–H and O–H groups in total. The topological polar surface area (TPSA) is 38.0 Å². The molecule has 4 aromatic carbocycles. The molecule has 5 rings (SSSR count). The molecule has 0 amide bonds. The number of imidazole rings is 1. The number of aryl methyl sites for hydroxylation is 1. The Morgan fingerprint density at radius 3 is 2.21 bits per heavy atom. The average Bonchev–Trinajstić information content (AvgIpc) is 3.27. The van der Waals surface area contributed by atoms with Gasteiger partial charge in [0.25, 0.3) is 0 Å². The number of phenolic OH excluding ortho intramolecular Hbond substituents is 1. The predicted molar refractivity (Wildman–Crippen MR) is 163 cm³/mol. The van der Waals surface area contributed by atoms with Crippen LogP contribution in [0.3, 0.4) is 0 Å². The van der Waals surface area contributed by atoms with Crippen molar-refractivity contribution in [2.75, 3.05) is 0 Å². The zero-order valence-electron chi connectivity index (χ0n) is 25.7. The number of phenols is 1. The first-order valence-electron chi connectivity index (χ1n) is 14.3. The van der Waals surface area contributed by atoms with Crippen molar-refractivity contribution < 1.29 is 9.22 Å². The number of halogens is 1. The summed E-state index contributed by atoms with van der Waals surface area (Å²) in [7, 11) is 0. The second-order valence-corrected chi connectivity index (χ2v) is 12.8. The Labute approximate surface area is 238 Å². The third-order valence-electron chi connectivity index (χ3n) is 6.98. The summed E-state index contributed by atoms with van der Waals surface area (Å²) in [6.45, 7) is 10.5. The summed E-state index contributed by atoms with van der Waals surface area (Å²) >= 11 is 3.69. The number of hydrogen-bond acceptors (Lipinski definition) is 2. The smallest absolute Gasteiger partial charge is 0.149 e. The lowest BCUT2D eigenvalue weighted by Gasteiger charge is -2.27. The molecule has 0 saturated heterocycles. The maximum atomic E-state index is 11.8. The van der Waals surface area contributed by atoms with E-state index in [4.69, 9.17) is 9.10 Å². The van der Waals surface area contributed by atoms with E-state index in [2.05, 4.69) is 63.5 Å². The Hall–Kier alpha value is -3.37. The summed E-state index contributed by atoms with van der Waals surface area (Å²) in [6.07, 6.45) is 0. The summed E-state index contributed by atoms with van der Waals surface area (Å²) in [6, 6.07) is 25.1. The summed E-state index contributed by atoms with van der Waals surface area (Å²) < 4.78 is 27.1. The zero-order chi connectivity index (χ0) is 29.9. The number of fused-ring (bicyclic) bond motifs is 1. The SMILES string of the molecule is [2H]C([2H])([2H])c1ccc(-n2c(-c3cc(C(C)(C)C)cc(C(C)(C)C)c3O)nc3c(Br)cccc32)c(-c2ccccc2)c1. The van der Waals surface area contributed by atoms with Gasteiger partial charge in [0.15, 0.2) is 0 Å². The Kier molecular flexibility index (Phi) is 5.61. The fraction of sp³-hybridized carbons (Fsp3) is 0.265. The molecule has 3 nitrogen and oxygen atoms in total. The van der Waals surface area contributed by atoms with Gasteiger partial charge in [0.2, 0.25) is 0 Å². The first-order valence-corrected chi connectivity index (χ1v) is 13.6. The molecular weight excluding hydrogens is 532 g/mol. The van der Waals surface area contributed by atoms with Crippen LogP contribution >= 0.6 is 15.9 Å². The number of nitrogens with zero attached hydrogens (tertiary/aromatic N) is 2. The Morgan fingerprint density at radius 2 is 1.55 bits per heavy atom. The lowest BCUT2D eigenvalue weighted by Crippen LogP contribution is -2.17. The fourth-order valence-electron chi connectivity index (χ4n) is 4.88. The van der Waals surface area contributed by atoms with Crippen molar-refractivity contribution in [1.29, 1.82) is 0 Å². The average molecular weight is 571 g/mol. The van der Waals surface area contributed by atoms with Crippen molar-refractivity contribution in [2.45, 2.75) is 59.2 Å². The van der Waals surface area contributed by atoms with Crippen LogP contribution in [0.5, 0.6) is 5.75 Å². The molecule has 0 aliphatic carbocycles. The molecule has 4 heteroatoms. The Morgan fingerprint density at radius 1 is 0.816 bits per heavy atom. The lowest BCUT2D eigenvalue weighted by atomic mass is 9.79. The normalized spacial score (nSPS) is 13.8. The second-order valence-electron chi connectivity index (χ2n) is 11.9. The predicted octanol–water partition coefficient (Wildman–Crippen LogP) is 9.73. The molecule has 1 heterocycles. The van der Waals surface area contributed by atoms with Gasteiger partial charge in [0, 0.05) is 19.7 Å². The zero-order valence-corrected chi connectivity index (χ0v) is 24.3. The fourth-order valence-corrected chi connectivity index (χ4v) is 5.32. The summed E-state index contributed by atoms with van der Waals surface area (Å²) in [5.74, 6) is 0.776. The molecule has 0 saturated carbocycles. The van der Waals surface area contributed by atoms with E-state index in [1.54, 1.807) is 12.1 Å². The van der Waals surface area contributed by atoms with Gasteiger partial charge in [-0.15, -0.1) is 0 Å². The Bertz CT molecular complexity index is 1760. The minimum Gasteiger partial charge on any atom is -0.507 e. The second kappa shape index (κ2) is 9.43. The summed E-state index contributed by atoms with van der Waals surface area (Å²) in [4.78, 5) is 5.12. The number of para-hydroxylation sites is 1. The maximum absolute atomic E-state index is 11.8. The van der Waals surface area contributed by atoms with Crippen molar-refractivity contribution in [2.24, 2.45) is 0 Å². The Balaban J connectivity index is 1.94. The van der Waals surface area contributed by atoms with Crippen LogP contribution in [0.25, 0.3) is 39.2 Å². The van der Waals surface area contributed by atoms with Gasteiger partial charge in [-0.1, -0.05) is 95.6 Å². The number of hydrogen-bond donors (Lipinski definition) is 1. The van der Waals surface area contributed by atoms with E-state index in [1.807, 2.05) is 65.2 Å². The molecule has 5 aromatic rings. The molecule has 0 fully saturated rings. The largest absolute Gasteiger partial charge is 0.507 e. The van der Waals surface area contributed by atoms with Crippen LogP contribution in [-0.2, 0) is 10.8 Å². The van der Waals surface area contributed by atoms with E-state index in [-0.39, 0.29) is 22.1 Å². The van der Waals surface area contributed by atoms with Crippen molar-refractivity contribution in [3.05, 3.63) is 100 Å². The molecule has 194 valence electrons. The highest BCUT2D eigenvalue weighted by Crippen LogP contribution is 2.44. The van der Waals surface area contributed by atoms with Gasteiger partial charge in [-0.05, 0) is 75.1 Å². The molecule has 38 heavy (non-hydrogen) atoms. The van der Waals surface area contributed by atoms with Gasteiger partial charge in [-0.3, -0.25) is 4.57 Å². The van der Waals surface area contributed by atoms with E-state index in [0.29, 0.717) is 11.4 Å². The van der Waals surface area contributed by atoms with E-state index in [1.165, 1.54) is 0 Å². The molecule has 0 atom stereocenters. The van der Waals surface area contributed by atoms with E-state index in [9.17, 15) is 5.11 Å². The van der Waals surface area contributed by atoms with Crippen molar-refractivity contribution in [3.63, 3.8) is 0 Å². The highest BCUT2D eigenvalue weighted by atomic mass is 79.9. The van der Waals surface area contributed by atoms with Crippen molar-refractivity contribution in [3.8, 4) is 34.0 Å². The number of rotatable bonds is 3. The van der Waals surface area contributed by atoms with E-state index < -0.39 is 6.85 Å². The summed E-state index contributed by atoms with van der Waals surface area (Å²) in [5.41, 5.74) is 6.37. The molecule has 0 aliphatic rings. The highest BCUT2D eigenvalue weighted by Gasteiger charge is 2.28. The van der Waals surface area contributed by atoms with Gasteiger partial charge in [-0.25, -0.2) is 4.98 Å². The van der Waals surface area contributed by atoms with Crippen molar-refractivity contribution in [1.82, 2.24) is 9.55 Å². The lowest BCUT2D eigenvalue weighted by molar-refractivity contribution is 0.446. The molecule has 0 unspecified atom stereocenters. The minimum atomic E-state index is -2.26. The molecule has 0 bridgehead atoms. The van der Waals surface area contributed by atoms with Crippen LogP contribution in [0.4, 0.5) is 0 Å². The minimum absolute atomic E-state index is 0.170. The van der Waals surface area contributed by atoms with Gasteiger partial charge < -0.3 is 5.11 Å². The third-order valence-corrected chi connectivity index (χ3v) is 7.62. The monoisotopic (exact) mass is 569 g/mol. The third kappa shape index (κ3) is 4.67. The van der Waals surface area contributed by atoms with Crippen LogP contribution in [0.1, 0.15) is 62.3 Å². The van der Waals surface area contributed by atoms with E-state index >= 15 is 0 Å². The molecule has 0 aliphatic heterocycles. The molecular formula is C34H35BrN2O. The van der Waals surface area contributed by atoms with Crippen LogP contribution in [0.2, 0.25) is 0 Å². The summed E-state index contributed by atoms with van der Waals surface area (Å²) in [5, 5.41) is 11.8. The van der Waals surface area contributed by atoms with Gasteiger partial charge in [0.05, 0.1) is 16.8 Å². The molecule has 0 radical (unpaired) electrons. The van der Waals surface area contributed by atoms with Crippen LogP contribution < -0.4 is 0 Å². The number of benzene rings is 4. The number of aromatic nitrogens is 2. The molecule has 1 aromatic heterocycles. The van der Waals surface area contributed by atoms with Gasteiger partial charge in [0.1, 0.15) is 17.1 Å². The number of aromatic hydroxyl groups is 1. The highest BCUT2D eigenvalue weighted by molar-refractivity contribution is 9.10. The van der Waals surface area contributed by atoms with Crippen LogP contribution in [0, 0.1) is 6.85 Å². The molecule has 0 spiro atoms. The van der Waals surface area contributed by atoms with Gasteiger partial charge in [-0.2, -0.15) is 0 Å². The van der Waals surface area contributed by atoms with Crippen LogP contribution in [-0.4, -0.2) is 14.7 Å². The van der Waals surface area contributed by atoms with Crippen LogP contribution in [0.15, 0.2) is 83.3 Å². The first-order chi connectivity index (χ1) is 19.1.